The molecule has 2 aromatic carbocycles. The van der Waals surface area contributed by atoms with Crippen LogP contribution in [0.1, 0.15) is 12.5 Å². The summed E-state index contributed by atoms with van der Waals surface area (Å²) in [5, 5.41) is 8.52. The number of carbonyl (C=O) groups is 1. The molecule has 0 N–H and O–H groups in total. The summed E-state index contributed by atoms with van der Waals surface area (Å²) >= 11 is 4.74. The van der Waals surface area contributed by atoms with Gasteiger partial charge in [0.05, 0.1) is 11.3 Å². The molecule has 26 heavy (non-hydrogen) atoms. The van der Waals surface area contributed by atoms with E-state index >= 15 is 0 Å². The van der Waals surface area contributed by atoms with Gasteiger partial charge in [-0.25, -0.2) is 0 Å². The van der Waals surface area contributed by atoms with Crippen LogP contribution >= 0.6 is 27.7 Å². The summed E-state index contributed by atoms with van der Waals surface area (Å²) in [7, 11) is 0. The summed E-state index contributed by atoms with van der Waals surface area (Å²) in [6.07, 6.45) is 0.888. The van der Waals surface area contributed by atoms with E-state index in [1.807, 2.05) is 47.4 Å². The van der Waals surface area contributed by atoms with Gasteiger partial charge in [0.2, 0.25) is 11.8 Å². The Hall–Kier alpha value is -2.12. The molecule has 2 heterocycles. The SMILES string of the molecule is CC1Cc2ccccc2N1C(=O)CSc1nnc(-c2ccccc2Br)o1. The average Bonchev–Trinajstić information content (AvgIpc) is 3.23. The summed E-state index contributed by atoms with van der Waals surface area (Å²) in [5.74, 6) is 0.747. The van der Waals surface area contributed by atoms with E-state index in [9.17, 15) is 4.79 Å². The number of para-hydroxylation sites is 1. The lowest BCUT2D eigenvalue weighted by Crippen LogP contribution is -2.36. The third-order valence-electron chi connectivity index (χ3n) is 4.31. The Morgan fingerprint density at radius 1 is 1.23 bits per heavy atom. The largest absolute Gasteiger partial charge is 0.411 e. The molecule has 0 bridgehead atoms. The minimum atomic E-state index is 0.0492. The first kappa shape index (κ1) is 17.3. The molecule has 1 atom stereocenters. The number of rotatable bonds is 4. The van der Waals surface area contributed by atoms with Crippen molar-refractivity contribution < 1.29 is 9.21 Å². The zero-order valence-corrected chi connectivity index (χ0v) is 16.5. The molecule has 0 aliphatic carbocycles. The first-order valence-electron chi connectivity index (χ1n) is 8.24. The van der Waals surface area contributed by atoms with E-state index in [0.717, 1.165) is 22.1 Å². The smallest absolute Gasteiger partial charge is 0.277 e. The van der Waals surface area contributed by atoms with Crippen LogP contribution in [0.5, 0.6) is 0 Å². The minimum absolute atomic E-state index is 0.0492. The Kier molecular flexibility index (Phi) is 4.82. The lowest BCUT2D eigenvalue weighted by molar-refractivity contribution is -0.116. The van der Waals surface area contributed by atoms with E-state index in [0.29, 0.717) is 11.1 Å². The molecule has 0 saturated heterocycles. The van der Waals surface area contributed by atoms with Crippen LogP contribution in [0.3, 0.4) is 0 Å². The Balaban J connectivity index is 1.45. The first-order chi connectivity index (χ1) is 12.6. The van der Waals surface area contributed by atoms with Crippen LogP contribution in [-0.2, 0) is 11.2 Å². The molecule has 7 heteroatoms. The fraction of sp³-hybridized carbons (Fsp3) is 0.211. The molecule has 0 saturated carbocycles. The standard InChI is InChI=1S/C19H16BrN3O2S/c1-12-10-13-6-2-5-9-16(13)23(12)17(24)11-26-19-22-21-18(25-19)14-7-3-4-8-15(14)20/h2-9,12H,10-11H2,1H3. The van der Waals surface area contributed by atoms with Crippen LogP contribution in [0.4, 0.5) is 5.69 Å². The molecule has 1 unspecified atom stereocenters. The maximum atomic E-state index is 12.7. The highest BCUT2D eigenvalue weighted by molar-refractivity contribution is 9.10. The summed E-state index contributed by atoms with van der Waals surface area (Å²) in [4.78, 5) is 14.6. The highest BCUT2D eigenvalue weighted by Gasteiger charge is 2.30. The predicted molar refractivity (Wildman–Crippen MR) is 105 cm³/mol. The number of amides is 1. The second-order valence-electron chi connectivity index (χ2n) is 6.09. The molecule has 1 amide bonds. The van der Waals surface area contributed by atoms with Gasteiger partial charge in [0.1, 0.15) is 0 Å². The van der Waals surface area contributed by atoms with Crippen molar-refractivity contribution in [3.05, 3.63) is 58.6 Å². The van der Waals surface area contributed by atoms with Gasteiger partial charge < -0.3 is 9.32 Å². The molecule has 1 aromatic heterocycles. The number of thioether (sulfide) groups is 1. The van der Waals surface area contributed by atoms with Gasteiger partial charge in [0, 0.05) is 16.2 Å². The monoisotopic (exact) mass is 429 g/mol. The Bertz CT molecular complexity index is 959. The maximum Gasteiger partial charge on any atom is 0.277 e. The van der Waals surface area contributed by atoms with Crippen LogP contribution in [0.2, 0.25) is 0 Å². The number of hydrogen-bond acceptors (Lipinski definition) is 5. The zero-order chi connectivity index (χ0) is 18.1. The van der Waals surface area contributed by atoms with Crippen molar-refractivity contribution in [2.24, 2.45) is 0 Å². The second-order valence-corrected chi connectivity index (χ2v) is 7.87. The van der Waals surface area contributed by atoms with Gasteiger partial charge in [-0.1, -0.05) is 42.1 Å². The van der Waals surface area contributed by atoms with Crippen LogP contribution in [0.15, 0.2) is 62.6 Å². The fourth-order valence-electron chi connectivity index (χ4n) is 3.15. The van der Waals surface area contributed by atoms with E-state index in [1.165, 1.54) is 17.3 Å². The molecule has 1 aliphatic rings. The summed E-state index contributed by atoms with van der Waals surface area (Å²) in [6, 6.07) is 15.9. The van der Waals surface area contributed by atoms with Crippen molar-refractivity contribution in [3.63, 3.8) is 0 Å². The molecule has 4 rings (SSSR count). The quantitative estimate of drug-likeness (QED) is 0.568. The molecule has 5 nitrogen and oxygen atoms in total. The number of fused-ring (bicyclic) bond motifs is 1. The number of halogens is 1. The number of aromatic nitrogens is 2. The molecular formula is C19H16BrN3O2S. The molecule has 0 fully saturated rings. The highest BCUT2D eigenvalue weighted by atomic mass is 79.9. The third kappa shape index (κ3) is 3.29. The summed E-state index contributed by atoms with van der Waals surface area (Å²) in [5.41, 5.74) is 3.05. The van der Waals surface area contributed by atoms with Gasteiger partial charge >= 0.3 is 0 Å². The van der Waals surface area contributed by atoms with Crippen molar-refractivity contribution in [2.45, 2.75) is 24.6 Å². The Labute approximate surface area is 163 Å². The number of anilines is 1. The summed E-state index contributed by atoms with van der Waals surface area (Å²) < 4.78 is 6.59. The zero-order valence-electron chi connectivity index (χ0n) is 14.1. The van der Waals surface area contributed by atoms with Gasteiger partial charge in [0.15, 0.2) is 0 Å². The van der Waals surface area contributed by atoms with Gasteiger partial charge in [-0.15, -0.1) is 10.2 Å². The number of hydrogen-bond donors (Lipinski definition) is 0. The normalized spacial score (nSPS) is 15.9. The van der Waals surface area contributed by atoms with E-state index in [-0.39, 0.29) is 17.7 Å². The van der Waals surface area contributed by atoms with Gasteiger partial charge in [-0.2, -0.15) is 0 Å². The first-order valence-corrected chi connectivity index (χ1v) is 10.0. The van der Waals surface area contributed by atoms with Crippen LogP contribution < -0.4 is 4.90 Å². The maximum absolute atomic E-state index is 12.7. The van der Waals surface area contributed by atoms with Gasteiger partial charge in [-0.05, 0) is 53.0 Å². The number of benzene rings is 2. The van der Waals surface area contributed by atoms with Crippen LogP contribution in [0.25, 0.3) is 11.5 Å². The number of carbonyl (C=O) groups excluding carboxylic acids is 1. The average molecular weight is 430 g/mol. The Morgan fingerprint density at radius 2 is 2.00 bits per heavy atom. The molecule has 1 aliphatic heterocycles. The molecule has 3 aromatic rings. The summed E-state index contributed by atoms with van der Waals surface area (Å²) in [6.45, 7) is 2.07. The number of nitrogens with zero attached hydrogens (tertiary/aromatic N) is 3. The van der Waals surface area contributed by atoms with Gasteiger partial charge in [-0.3, -0.25) is 4.79 Å². The predicted octanol–water partition coefficient (Wildman–Crippen LogP) is 4.57. The highest BCUT2D eigenvalue weighted by Crippen LogP contribution is 2.33. The lowest BCUT2D eigenvalue weighted by Gasteiger charge is -2.22. The molecular weight excluding hydrogens is 414 g/mol. The van der Waals surface area contributed by atoms with Gasteiger partial charge in [0.25, 0.3) is 5.22 Å². The molecule has 132 valence electrons. The van der Waals surface area contributed by atoms with E-state index < -0.39 is 0 Å². The topological polar surface area (TPSA) is 59.2 Å². The van der Waals surface area contributed by atoms with E-state index in [2.05, 4.69) is 39.1 Å². The fourth-order valence-corrected chi connectivity index (χ4v) is 4.23. The van der Waals surface area contributed by atoms with Crippen molar-refractivity contribution in [2.75, 3.05) is 10.7 Å². The second kappa shape index (κ2) is 7.25. The molecule has 0 radical (unpaired) electrons. The van der Waals surface area contributed by atoms with E-state index in [4.69, 9.17) is 4.42 Å². The minimum Gasteiger partial charge on any atom is -0.411 e. The lowest BCUT2D eigenvalue weighted by atomic mass is 10.1. The van der Waals surface area contributed by atoms with Crippen molar-refractivity contribution in [1.82, 2.24) is 10.2 Å². The Morgan fingerprint density at radius 3 is 2.85 bits per heavy atom. The van der Waals surface area contributed by atoms with Crippen molar-refractivity contribution in [1.29, 1.82) is 0 Å². The van der Waals surface area contributed by atoms with Crippen LogP contribution in [-0.4, -0.2) is 27.9 Å². The third-order valence-corrected chi connectivity index (χ3v) is 5.80. The van der Waals surface area contributed by atoms with Crippen molar-refractivity contribution >= 4 is 39.3 Å². The van der Waals surface area contributed by atoms with Crippen LogP contribution in [0, 0.1) is 0 Å². The molecule has 0 spiro atoms. The van der Waals surface area contributed by atoms with Crippen molar-refractivity contribution in [3.8, 4) is 11.5 Å². The van der Waals surface area contributed by atoms with E-state index in [1.54, 1.807) is 0 Å².